The third-order valence-corrected chi connectivity index (χ3v) is 16.0. The van der Waals surface area contributed by atoms with Gasteiger partial charge < -0.3 is 14.2 Å². The molecule has 1 spiro atoms. The quantitative estimate of drug-likeness (QED) is 0.151. The number of anilines is 6. The summed E-state index contributed by atoms with van der Waals surface area (Å²) in [5.74, 6) is 0. The molecule has 2 heterocycles. The summed E-state index contributed by atoms with van der Waals surface area (Å²) in [6.07, 6.45) is 8.79. The fourth-order valence-corrected chi connectivity index (χ4v) is 13.0. The Bertz CT molecular complexity index is 3860. The van der Waals surface area contributed by atoms with Crippen molar-refractivity contribution in [3.8, 4) is 22.3 Å². The largest absolute Gasteiger partial charge is 0.454 e. The molecule has 0 saturated carbocycles. The van der Waals surface area contributed by atoms with Crippen molar-refractivity contribution in [1.82, 2.24) is 0 Å². The van der Waals surface area contributed by atoms with E-state index in [1.165, 1.54) is 65.4 Å². The number of hydrogen-bond acceptors (Lipinski definition) is 4. The van der Waals surface area contributed by atoms with Crippen molar-refractivity contribution in [2.24, 2.45) is 0 Å². The zero-order valence-corrected chi connectivity index (χ0v) is 39.7. The first-order valence-electron chi connectivity index (χ1n) is 24.5. The summed E-state index contributed by atoms with van der Waals surface area (Å²) in [5.41, 5.74) is 20.3. The third-order valence-electron chi connectivity index (χ3n) is 14.8. The fraction of sp³-hybridized carbons (Fsp3) is 0.0448. The van der Waals surface area contributed by atoms with Gasteiger partial charge in [0, 0.05) is 49.4 Å². The molecule has 0 N–H and O–H groups in total. The van der Waals surface area contributed by atoms with Gasteiger partial charge in [0.15, 0.2) is 5.58 Å². The van der Waals surface area contributed by atoms with Crippen molar-refractivity contribution in [2.75, 3.05) is 9.80 Å². The SMILES string of the molecule is C1=CCCC(c2ccc(N(c3ccc(-c4ccccc4)cc3)c3ccc4c(c3)oc3c(N(c5ccccc5)c5cccc6c5Sc5ccccc5C65c6ccccc6-c6ccccc65)cccc34)cc2)=C1. The standard InChI is InChI=1S/C67H46N2OS/c1-4-18-45(19-5-1)47-34-38-50(39-35-47)68(51-40-36-48(37-41-51)46-20-6-2-7-21-46)52-42-43-55-56-26-16-31-61(65(56)70-63(55)44-52)69(49-22-8-3-9-23-49)62-32-17-30-60-66(62)71-64-33-15-14-29-59(64)67(60)57-27-12-10-24-53(57)54-25-11-13-28-58(54)67/h1-6,8-20,22-44H,7,21H2. The minimum Gasteiger partial charge on any atom is -0.454 e. The molecule has 3 aliphatic rings. The predicted molar refractivity (Wildman–Crippen MR) is 296 cm³/mol. The Labute approximate surface area is 418 Å². The van der Waals surface area contributed by atoms with Crippen LogP contribution in [0.3, 0.4) is 0 Å². The van der Waals surface area contributed by atoms with E-state index in [2.05, 4.69) is 265 Å². The van der Waals surface area contributed by atoms with E-state index in [9.17, 15) is 0 Å². The Morgan fingerprint density at radius 2 is 1.00 bits per heavy atom. The van der Waals surface area contributed by atoms with Gasteiger partial charge in [0.1, 0.15) is 5.58 Å². The molecule has 10 aromatic carbocycles. The Hall–Kier alpha value is -8.57. The predicted octanol–water partition coefficient (Wildman–Crippen LogP) is 18.8. The number of fused-ring (bicyclic) bond motifs is 12. The molecular weight excluding hydrogens is 881 g/mol. The smallest absolute Gasteiger partial charge is 0.159 e. The van der Waals surface area contributed by atoms with E-state index in [4.69, 9.17) is 4.42 Å². The first-order chi connectivity index (χ1) is 35.2. The lowest BCUT2D eigenvalue weighted by molar-refractivity contribution is 0.669. The highest BCUT2D eigenvalue weighted by atomic mass is 32.2. The molecule has 71 heavy (non-hydrogen) atoms. The zero-order valence-electron chi connectivity index (χ0n) is 38.9. The van der Waals surface area contributed by atoms with E-state index in [0.717, 1.165) is 68.9 Å². The first kappa shape index (κ1) is 41.4. The number of furan rings is 1. The second-order valence-corrected chi connectivity index (χ2v) is 19.7. The molecular formula is C67H46N2OS. The molecule has 1 aliphatic heterocycles. The summed E-state index contributed by atoms with van der Waals surface area (Å²) in [5, 5.41) is 2.14. The van der Waals surface area contributed by atoms with Crippen molar-refractivity contribution in [1.29, 1.82) is 0 Å². The van der Waals surface area contributed by atoms with Crippen LogP contribution in [0.25, 0.3) is 49.8 Å². The fourth-order valence-electron chi connectivity index (χ4n) is 11.7. The van der Waals surface area contributed by atoms with Gasteiger partial charge in [-0.25, -0.2) is 0 Å². The molecule has 0 unspecified atom stereocenters. The van der Waals surface area contributed by atoms with Crippen LogP contribution in [0.4, 0.5) is 34.1 Å². The molecule has 0 fully saturated rings. The number of rotatable bonds is 8. The second-order valence-electron chi connectivity index (χ2n) is 18.7. The van der Waals surface area contributed by atoms with Gasteiger partial charge in [-0.2, -0.15) is 0 Å². The molecule has 0 saturated heterocycles. The lowest BCUT2D eigenvalue weighted by Gasteiger charge is -2.41. The maximum atomic E-state index is 7.24. The van der Waals surface area contributed by atoms with Crippen LogP contribution >= 0.6 is 11.8 Å². The maximum Gasteiger partial charge on any atom is 0.159 e. The van der Waals surface area contributed by atoms with Crippen molar-refractivity contribution in [2.45, 2.75) is 28.0 Å². The van der Waals surface area contributed by atoms with E-state index >= 15 is 0 Å². The molecule has 14 rings (SSSR count). The zero-order chi connectivity index (χ0) is 46.9. The molecule has 4 heteroatoms. The van der Waals surface area contributed by atoms with Crippen molar-refractivity contribution in [3.63, 3.8) is 0 Å². The molecule has 0 atom stereocenters. The van der Waals surface area contributed by atoms with Crippen LogP contribution in [0.15, 0.2) is 269 Å². The number of hydrogen-bond donors (Lipinski definition) is 0. The van der Waals surface area contributed by atoms with Gasteiger partial charge in [0.05, 0.1) is 16.8 Å². The van der Waals surface area contributed by atoms with Gasteiger partial charge in [-0.1, -0.05) is 194 Å². The van der Waals surface area contributed by atoms with Crippen LogP contribution in [0.5, 0.6) is 0 Å². The Kier molecular flexibility index (Phi) is 9.82. The van der Waals surface area contributed by atoms with E-state index in [1.54, 1.807) is 0 Å². The molecule has 0 bridgehead atoms. The maximum absolute atomic E-state index is 7.24. The summed E-state index contributed by atoms with van der Waals surface area (Å²) >= 11 is 1.87. The van der Waals surface area contributed by atoms with Crippen LogP contribution in [0, 0.1) is 0 Å². The van der Waals surface area contributed by atoms with E-state index < -0.39 is 5.41 Å². The van der Waals surface area contributed by atoms with Crippen molar-refractivity contribution >= 4 is 73.4 Å². The topological polar surface area (TPSA) is 19.6 Å². The summed E-state index contributed by atoms with van der Waals surface area (Å²) in [6, 6.07) is 86.6. The van der Waals surface area contributed by atoms with Gasteiger partial charge in [0.25, 0.3) is 0 Å². The van der Waals surface area contributed by atoms with Gasteiger partial charge in [-0.3, -0.25) is 0 Å². The Morgan fingerprint density at radius 3 is 1.72 bits per heavy atom. The monoisotopic (exact) mass is 926 g/mol. The van der Waals surface area contributed by atoms with E-state index in [0.29, 0.717) is 0 Å². The highest BCUT2D eigenvalue weighted by Crippen LogP contribution is 2.64. The average Bonchev–Trinajstić information content (AvgIpc) is 3.96. The highest BCUT2D eigenvalue weighted by Gasteiger charge is 2.50. The minimum atomic E-state index is -0.497. The van der Waals surface area contributed by atoms with Crippen LogP contribution in [-0.4, -0.2) is 0 Å². The van der Waals surface area contributed by atoms with Gasteiger partial charge in [0.2, 0.25) is 0 Å². The van der Waals surface area contributed by atoms with E-state index in [-0.39, 0.29) is 0 Å². The summed E-state index contributed by atoms with van der Waals surface area (Å²) in [4.78, 5) is 7.26. The summed E-state index contributed by atoms with van der Waals surface area (Å²) in [6.45, 7) is 0. The molecule has 11 aromatic rings. The summed E-state index contributed by atoms with van der Waals surface area (Å²) < 4.78 is 7.24. The molecule has 1 aromatic heterocycles. The lowest BCUT2D eigenvalue weighted by Crippen LogP contribution is -2.32. The Morgan fingerprint density at radius 1 is 0.423 bits per heavy atom. The Balaban J connectivity index is 0.937. The average molecular weight is 927 g/mol. The second kappa shape index (κ2) is 16.8. The number of allylic oxidation sites excluding steroid dienone is 4. The third kappa shape index (κ3) is 6.59. The number of benzene rings is 10. The summed E-state index contributed by atoms with van der Waals surface area (Å²) in [7, 11) is 0. The van der Waals surface area contributed by atoms with Crippen LogP contribution in [0.1, 0.15) is 40.7 Å². The number of para-hydroxylation sites is 2. The highest BCUT2D eigenvalue weighted by molar-refractivity contribution is 7.99. The first-order valence-corrected chi connectivity index (χ1v) is 25.4. The number of nitrogens with zero attached hydrogens (tertiary/aromatic N) is 2. The van der Waals surface area contributed by atoms with Crippen LogP contribution < -0.4 is 9.80 Å². The normalized spacial score (nSPS) is 13.9. The molecule has 0 radical (unpaired) electrons. The van der Waals surface area contributed by atoms with Crippen LogP contribution in [0.2, 0.25) is 0 Å². The van der Waals surface area contributed by atoms with Crippen molar-refractivity contribution < 1.29 is 4.42 Å². The van der Waals surface area contributed by atoms with Gasteiger partial charge in [-0.05, 0) is 135 Å². The van der Waals surface area contributed by atoms with Gasteiger partial charge in [-0.15, -0.1) is 0 Å². The minimum absolute atomic E-state index is 0.497. The molecule has 2 aliphatic carbocycles. The molecule has 3 nitrogen and oxygen atoms in total. The lowest BCUT2D eigenvalue weighted by atomic mass is 9.67. The van der Waals surface area contributed by atoms with Crippen LogP contribution in [-0.2, 0) is 5.41 Å². The van der Waals surface area contributed by atoms with E-state index in [1.807, 2.05) is 11.8 Å². The molecule has 0 amide bonds. The molecule has 336 valence electrons. The van der Waals surface area contributed by atoms with Gasteiger partial charge >= 0.3 is 0 Å². The van der Waals surface area contributed by atoms with Crippen molar-refractivity contribution in [3.05, 3.63) is 283 Å².